The van der Waals surface area contributed by atoms with Crippen molar-refractivity contribution in [2.45, 2.75) is 0 Å². The van der Waals surface area contributed by atoms with Crippen LogP contribution in [0.25, 0.3) is 88.8 Å². The van der Waals surface area contributed by atoms with E-state index in [-0.39, 0.29) is 0 Å². The fourth-order valence-corrected chi connectivity index (χ4v) is 6.30. The molecule has 4 heteroatoms. The first-order chi connectivity index (χ1) is 22.3. The van der Waals surface area contributed by atoms with Crippen LogP contribution < -0.4 is 0 Å². The molecular weight excluding hydrogens is 550 g/mol. The number of furan rings is 1. The minimum absolute atomic E-state index is 0.627. The summed E-state index contributed by atoms with van der Waals surface area (Å²) in [6, 6.07) is 52.2. The molecule has 2 heterocycles. The summed E-state index contributed by atoms with van der Waals surface area (Å²) in [6.07, 6.45) is 0. The maximum atomic E-state index is 6.20. The largest absolute Gasteiger partial charge is 0.456 e. The number of nitrogens with zero attached hydrogens (tertiary/aromatic N) is 3. The third-order valence-electron chi connectivity index (χ3n) is 8.53. The second-order valence-electron chi connectivity index (χ2n) is 11.2. The molecule has 0 aliphatic rings. The van der Waals surface area contributed by atoms with Crippen molar-refractivity contribution >= 4 is 43.5 Å². The molecule has 0 amide bonds. The number of aromatic nitrogens is 3. The Morgan fingerprint density at radius 1 is 0.356 bits per heavy atom. The lowest BCUT2D eigenvalue weighted by Gasteiger charge is -2.11. The van der Waals surface area contributed by atoms with Crippen molar-refractivity contribution in [2.75, 3.05) is 0 Å². The molecular formula is C41H25N3O. The molecule has 210 valence electrons. The minimum atomic E-state index is 0.627. The fourth-order valence-electron chi connectivity index (χ4n) is 6.30. The Bertz CT molecular complexity index is 2530. The Labute approximate surface area is 259 Å². The van der Waals surface area contributed by atoms with Crippen LogP contribution in [0.1, 0.15) is 0 Å². The van der Waals surface area contributed by atoms with Gasteiger partial charge in [0.15, 0.2) is 17.5 Å². The highest BCUT2D eigenvalue weighted by molar-refractivity contribution is 6.19. The van der Waals surface area contributed by atoms with E-state index < -0.39 is 0 Å². The van der Waals surface area contributed by atoms with Gasteiger partial charge >= 0.3 is 0 Å². The number of benzene rings is 7. The van der Waals surface area contributed by atoms with Crippen LogP contribution in [0.2, 0.25) is 0 Å². The number of para-hydroxylation sites is 1. The molecule has 0 unspecified atom stereocenters. The van der Waals surface area contributed by atoms with Crippen molar-refractivity contribution in [2.24, 2.45) is 0 Å². The Kier molecular flexibility index (Phi) is 5.78. The second-order valence-corrected chi connectivity index (χ2v) is 11.2. The van der Waals surface area contributed by atoms with Crippen molar-refractivity contribution in [3.63, 3.8) is 0 Å². The molecule has 0 aliphatic carbocycles. The Morgan fingerprint density at radius 2 is 0.956 bits per heavy atom. The van der Waals surface area contributed by atoms with Gasteiger partial charge in [0.2, 0.25) is 0 Å². The summed E-state index contributed by atoms with van der Waals surface area (Å²) in [5.41, 5.74) is 6.90. The summed E-state index contributed by atoms with van der Waals surface area (Å²) in [7, 11) is 0. The summed E-state index contributed by atoms with van der Waals surface area (Å²) >= 11 is 0. The van der Waals surface area contributed by atoms with E-state index in [1.165, 1.54) is 5.56 Å². The molecule has 45 heavy (non-hydrogen) atoms. The lowest BCUT2D eigenvalue weighted by molar-refractivity contribution is 0.669. The average molecular weight is 576 g/mol. The molecule has 0 saturated carbocycles. The number of hydrogen-bond donors (Lipinski definition) is 0. The van der Waals surface area contributed by atoms with Gasteiger partial charge in [-0.3, -0.25) is 0 Å². The zero-order valence-electron chi connectivity index (χ0n) is 24.2. The highest BCUT2D eigenvalue weighted by atomic mass is 16.3. The van der Waals surface area contributed by atoms with E-state index in [1.54, 1.807) is 0 Å². The van der Waals surface area contributed by atoms with Gasteiger partial charge in [0.25, 0.3) is 0 Å². The summed E-state index contributed by atoms with van der Waals surface area (Å²) in [6.45, 7) is 0. The summed E-state index contributed by atoms with van der Waals surface area (Å²) in [5, 5.41) is 6.69. The zero-order chi connectivity index (χ0) is 29.7. The topological polar surface area (TPSA) is 51.8 Å². The SMILES string of the molecule is c1ccc(-c2ccc(-c3nc(-c4ccc5ccc6oc7ccccc7c6c5c4)nc(-c4cccc5ccccc45)n3)cc2)cc1. The van der Waals surface area contributed by atoms with Crippen LogP contribution in [0.4, 0.5) is 0 Å². The van der Waals surface area contributed by atoms with Crippen LogP contribution in [0.3, 0.4) is 0 Å². The highest BCUT2D eigenvalue weighted by Gasteiger charge is 2.16. The highest BCUT2D eigenvalue weighted by Crippen LogP contribution is 2.37. The Balaban J connectivity index is 1.26. The first-order valence-electron chi connectivity index (χ1n) is 15.0. The average Bonchev–Trinajstić information content (AvgIpc) is 3.51. The molecule has 7 aromatic carbocycles. The quantitative estimate of drug-likeness (QED) is 0.209. The van der Waals surface area contributed by atoms with E-state index in [0.717, 1.165) is 65.7 Å². The smallest absolute Gasteiger partial charge is 0.164 e. The molecule has 0 radical (unpaired) electrons. The van der Waals surface area contributed by atoms with E-state index in [4.69, 9.17) is 19.4 Å². The number of hydrogen-bond acceptors (Lipinski definition) is 4. The van der Waals surface area contributed by atoms with Gasteiger partial charge in [-0.25, -0.2) is 15.0 Å². The maximum absolute atomic E-state index is 6.20. The first-order valence-corrected chi connectivity index (χ1v) is 15.0. The number of fused-ring (bicyclic) bond motifs is 6. The molecule has 0 aliphatic heterocycles. The summed E-state index contributed by atoms with van der Waals surface area (Å²) in [5.74, 6) is 1.90. The Morgan fingerprint density at radius 3 is 1.82 bits per heavy atom. The molecule has 9 rings (SSSR count). The zero-order valence-corrected chi connectivity index (χ0v) is 24.2. The molecule has 0 saturated heterocycles. The molecule has 0 spiro atoms. The van der Waals surface area contributed by atoms with Gasteiger partial charge < -0.3 is 4.42 Å². The monoisotopic (exact) mass is 575 g/mol. The van der Waals surface area contributed by atoms with Crippen LogP contribution in [0.15, 0.2) is 156 Å². The molecule has 2 aromatic heterocycles. The van der Waals surface area contributed by atoms with E-state index in [2.05, 4.69) is 133 Å². The minimum Gasteiger partial charge on any atom is -0.456 e. The molecule has 0 bridgehead atoms. The predicted octanol–water partition coefficient (Wildman–Crippen LogP) is 10.7. The lowest BCUT2D eigenvalue weighted by Crippen LogP contribution is -2.00. The van der Waals surface area contributed by atoms with Crippen molar-refractivity contribution in [3.05, 3.63) is 152 Å². The molecule has 0 fully saturated rings. The number of rotatable bonds is 4. The third kappa shape index (κ3) is 4.35. The lowest BCUT2D eigenvalue weighted by atomic mass is 10.0. The maximum Gasteiger partial charge on any atom is 0.164 e. The fraction of sp³-hybridized carbons (Fsp3) is 0. The summed E-state index contributed by atoms with van der Waals surface area (Å²) < 4.78 is 6.20. The molecule has 0 N–H and O–H groups in total. The Hall–Kier alpha value is -6.13. The van der Waals surface area contributed by atoms with E-state index in [0.29, 0.717) is 17.5 Å². The van der Waals surface area contributed by atoms with Crippen molar-refractivity contribution in [1.82, 2.24) is 15.0 Å². The first kappa shape index (κ1) is 25.4. The van der Waals surface area contributed by atoms with Crippen LogP contribution >= 0.6 is 0 Å². The molecule has 9 aromatic rings. The van der Waals surface area contributed by atoms with Gasteiger partial charge in [-0.15, -0.1) is 0 Å². The van der Waals surface area contributed by atoms with Crippen LogP contribution in [-0.4, -0.2) is 15.0 Å². The van der Waals surface area contributed by atoms with Gasteiger partial charge in [0.05, 0.1) is 0 Å². The van der Waals surface area contributed by atoms with Crippen LogP contribution in [-0.2, 0) is 0 Å². The van der Waals surface area contributed by atoms with Crippen LogP contribution in [0, 0.1) is 0 Å². The van der Waals surface area contributed by atoms with Crippen molar-refractivity contribution < 1.29 is 4.42 Å². The van der Waals surface area contributed by atoms with Gasteiger partial charge in [0.1, 0.15) is 11.2 Å². The van der Waals surface area contributed by atoms with Gasteiger partial charge in [-0.2, -0.15) is 0 Å². The standard InChI is InChI=1S/C41H25N3O/c1-2-9-26(10-3-1)27-17-20-30(21-18-27)39-42-40(44-41(43-39)33-15-8-12-28-11-4-5-13-32(28)33)31-22-19-29-23-24-37-38(35(29)25-31)34-14-6-7-16-36(34)45-37/h1-25H. The second kappa shape index (κ2) is 10.2. The van der Waals surface area contributed by atoms with Crippen molar-refractivity contribution in [3.8, 4) is 45.3 Å². The molecule has 0 atom stereocenters. The van der Waals surface area contributed by atoms with Gasteiger partial charge in [-0.1, -0.05) is 133 Å². The third-order valence-corrected chi connectivity index (χ3v) is 8.53. The van der Waals surface area contributed by atoms with Crippen molar-refractivity contribution in [1.29, 1.82) is 0 Å². The predicted molar refractivity (Wildman–Crippen MR) is 184 cm³/mol. The van der Waals surface area contributed by atoms with E-state index in [1.807, 2.05) is 18.2 Å². The van der Waals surface area contributed by atoms with Gasteiger partial charge in [-0.05, 0) is 50.9 Å². The van der Waals surface area contributed by atoms with E-state index in [9.17, 15) is 0 Å². The molecule has 4 nitrogen and oxygen atoms in total. The van der Waals surface area contributed by atoms with Crippen LogP contribution in [0.5, 0.6) is 0 Å². The normalized spacial score (nSPS) is 11.6. The summed E-state index contributed by atoms with van der Waals surface area (Å²) in [4.78, 5) is 15.2. The van der Waals surface area contributed by atoms with Gasteiger partial charge in [0, 0.05) is 27.5 Å². The van der Waals surface area contributed by atoms with E-state index >= 15 is 0 Å².